The van der Waals surface area contributed by atoms with Crippen molar-refractivity contribution in [3.05, 3.63) is 64.2 Å². The molecule has 1 aliphatic rings. The molecule has 1 fully saturated rings. The number of aromatic carboxylic acids is 2. The van der Waals surface area contributed by atoms with Crippen LogP contribution in [0.2, 0.25) is 0 Å². The lowest BCUT2D eigenvalue weighted by atomic mass is 9.79. The Bertz CT molecular complexity index is 1080. The highest BCUT2D eigenvalue weighted by Crippen LogP contribution is 2.38. The van der Waals surface area contributed by atoms with Crippen molar-refractivity contribution in [1.82, 2.24) is 0 Å². The molecule has 0 heterocycles. The summed E-state index contributed by atoms with van der Waals surface area (Å²) in [7, 11) is 0. The second-order valence-corrected chi connectivity index (χ2v) is 7.11. The molecule has 160 valence electrons. The highest BCUT2D eigenvalue weighted by molar-refractivity contribution is 6.01. The van der Waals surface area contributed by atoms with E-state index in [2.05, 4.69) is 0 Å². The highest BCUT2D eigenvalue weighted by Gasteiger charge is 2.33. The zero-order chi connectivity index (χ0) is 22.9. The van der Waals surface area contributed by atoms with Crippen molar-refractivity contribution in [2.45, 2.75) is 19.3 Å². The van der Waals surface area contributed by atoms with E-state index in [4.69, 9.17) is 0 Å². The van der Waals surface area contributed by atoms with E-state index in [1.165, 1.54) is 36.4 Å². The summed E-state index contributed by atoms with van der Waals surface area (Å²) < 4.78 is 0. The van der Waals surface area contributed by atoms with Crippen LogP contribution in [0.4, 0.5) is 0 Å². The number of carbonyl (C=O) groups is 4. The topological polar surface area (TPSA) is 169 Å². The maximum atomic E-state index is 12.0. The summed E-state index contributed by atoms with van der Waals surface area (Å²) in [5.41, 5.74) is 0.681. The van der Waals surface area contributed by atoms with Crippen LogP contribution in [-0.2, 0) is 9.59 Å². The molecule has 1 saturated carbocycles. The minimum Gasteiger partial charge on any atom is -0.507 e. The van der Waals surface area contributed by atoms with Crippen molar-refractivity contribution in [2.24, 2.45) is 5.92 Å². The lowest BCUT2D eigenvalue weighted by Gasteiger charge is -2.24. The van der Waals surface area contributed by atoms with Gasteiger partial charge in [-0.15, -0.1) is 0 Å². The first-order valence-corrected chi connectivity index (χ1v) is 9.21. The number of hydrogen-bond donors (Lipinski definition) is 5. The molecule has 1 aliphatic carbocycles. The SMILES string of the molecule is O=C(O)c1cc(C(=C2CCC(=O)[C@H](C(=O)O)C2)c2ccc(O)c(C(=O)O)c2)ccc1O. The molecule has 0 aromatic heterocycles. The van der Waals surface area contributed by atoms with Gasteiger partial charge in [0.25, 0.3) is 0 Å². The number of hydrogen-bond acceptors (Lipinski definition) is 6. The van der Waals surface area contributed by atoms with Gasteiger partial charge in [-0.05, 0) is 53.8 Å². The number of carboxylic acid groups (broad SMARTS) is 3. The van der Waals surface area contributed by atoms with Crippen molar-refractivity contribution >= 4 is 29.3 Å². The largest absolute Gasteiger partial charge is 0.507 e. The molecular weight excluding hydrogens is 408 g/mol. The van der Waals surface area contributed by atoms with Gasteiger partial charge in [0, 0.05) is 6.42 Å². The number of aliphatic carboxylic acids is 1. The Hall–Kier alpha value is -4.14. The zero-order valence-corrected chi connectivity index (χ0v) is 16.0. The van der Waals surface area contributed by atoms with Crippen molar-refractivity contribution < 1.29 is 44.7 Å². The quantitative estimate of drug-likeness (QED) is 0.451. The number of phenols is 2. The molecule has 9 nitrogen and oxygen atoms in total. The molecule has 0 unspecified atom stereocenters. The number of allylic oxidation sites excluding steroid dienone is 1. The Balaban J connectivity index is 2.28. The average molecular weight is 426 g/mol. The molecule has 31 heavy (non-hydrogen) atoms. The Morgan fingerprint density at radius 1 is 0.774 bits per heavy atom. The lowest BCUT2D eigenvalue weighted by molar-refractivity contribution is -0.146. The molecule has 9 heteroatoms. The monoisotopic (exact) mass is 426 g/mol. The third-order valence-electron chi connectivity index (χ3n) is 5.20. The molecule has 0 spiro atoms. The number of rotatable bonds is 5. The van der Waals surface area contributed by atoms with Crippen molar-refractivity contribution in [3.63, 3.8) is 0 Å². The number of ketones is 1. The van der Waals surface area contributed by atoms with Gasteiger partial charge in [0.2, 0.25) is 0 Å². The van der Waals surface area contributed by atoms with Gasteiger partial charge in [-0.1, -0.05) is 17.7 Å². The fraction of sp³-hybridized carbons (Fsp3) is 0.182. The number of benzene rings is 2. The second kappa shape index (κ2) is 8.31. The molecule has 0 saturated heterocycles. The molecule has 5 N–H and O–H groups in total. The van der Waals surface area contributed by atoms with Crippen LogP contribution in [0.5, 0.6) is 11.5 Å². The first kappa shape index (κ1) is 21.6. The Kier molecular flexibility index (Phi) is 5.78. The van der Waals surface area contributed by atoms with Crippen LogP contribution in [0.15, 0.2) is 42.0 Å². The van der Waals surface area contributed by atoms with Crippen LogP contribution >= 0.6 is 0 Å². The van der Waals surface area contributed by atoms with E-state index in [0.717, 1.165) is 0 Å². The molecule has 0 bridgehead atoms. The fourth-order valence-electron chi connectivity index (χ4n) is 3.66. The molecule has 3 rings (SSSR count). The van der Waals surface area contributed by atoms with Crippen LogP contribution in [0.1, 0.15) is 51.1 Å². The van der Waals surface area contributed by atoms with E-state index in [1.807, 2.05) is 0 Å². The third kappa shape index (κ3) is 4.25. The van der Waals surface area contributed by atoms with Crippen LogP contribution in [0.3, 0.4) is 0 Å². The molecule has 0 amide bonds. The van der Waals surface area contributed by atoms with Gasteiger partial charge in [0.05, 0.1) is 0 Å². The predicted molar refractivity (Wildman–Crippen MR) is 106 cm³/mol. The molecule has 1 atom stereocenters. The summed E-state index contributed by atoms with van der Waals surface area (Å²) in [5, 5.41) is 47.8. The number of carbonyl (C=O) groups excluding carboxylic acids is 1. The Morgan fingerprint density at radius 2 is 1.26 bits per heavy atom. The van der Waals surface area contributed by atoms with E-state index < -0.39 is 52.2 Å². The zero-order valence-electron chi connectivity index (χ0n) is 16.0. The number of aromatic hydroxyl groups is 2. The number of carboxylic acids is 3. The number of Topliss-reactive ketones (excluding diaryl/α,β-unsaturated/α-hetero) is 1. The third-order valence-corrected chi connectivity index (χ3v) is 5.20. The first-order chi connectivity index (χ1) is 14.6. The maximum absolute atomic E-state index is 12.0. The summed E-state index contributed by atoms with van der Waals surface area (Å²) >= 11 is 0. The van der Waals surface area contributed by atoms with Gasteiger partial charge in [0.1, 0.15) is 34.3 Å². The van der Waals surface area contributed by atoms with Gasteiger partial charge in [-0.3, -0.25) is 9.59 Å². The summed E-state index contributed by atoms with van der Waals surface area (Å²) in [6.07, 6.45) is 0.0319. The first-order valence-electron chi connectivity index (χ1n) is 9.21. The van der Waals surface area contributed by atoms with E-state index >= 15 is 0 Å². The maximum Gasteiger partial charge on any atom is 0.339 e. The summed E-state index contributed by atoms with van der Waals surface area (Å²) in [6.45, 7) is 0. The van der Waals surface area contributed by atoms with E-state index in [-0.39, 0.29) is 19.3 Å². The summed E-state index contributed by atoms with van der Waals surface area (Å²) in [4.78, 5) is 46.5. The molecule has 2 aromatic carbocycles. The van der Waals surface area contributed by atoms with Crippen molar-refractivity contribution in [3.8, 4) is 11.5 Å². The average Bonchev–Trinajstić information content (AvgIpc) is 2.71. The second-order valence-electron chi connectivity index (χ2n) is 7.11. The van der Waals surface area contributed by atoms with Crippen LogP contribution in [0.25, 0.3) is 5.57 Å². The van der Waals surface area contributed by atoms with Crippen LogP contribution in [0, 0.1) is 5.92 Å². The Morgan fingerprint density at radius 3 is 1.68 bits per heavy atom. The smallest absolute Gasteiger partial charge is 0.339 e. The highest BCUT2D eigenvalue weighted by atomic mass is 16.4. The van der Waals surface area contributed by atoms with E-state index in [0.29, 0.717) is 22.3 Å². The molecule has 0 radical (unpaired) electrons. The molecule has 0 aliphatic heterocycles. The standard InChI is InChI=1S/C22H18O9/c23-16-4-1-10(7-13(16)20(26)27)19(11-2-5-17(24)14(8-11)21(28)29)12-3-6-18(25)15(9-12)22(30)31/h1-2,4-5,7-8,15,23-24H,3,6,9H2,(H,26,27)(H,28,29)(H,30,31)/t15-/m1/s1. The minimum absolute atomic E-state index is 0.0382. The normalized spacial score (nSPS) is 16.1. The van der Waals surface area contributed by atoms with Gasteiger partial charge in [0.15, 0.2) is 0 Å². The van der Waals surface area contributed by atoms with E-state index in [1.54, 1.807) is 0 Å². The van der Waals surface area contributed by atoms with Gasteiger partial charge in [-0.2, -0.15) is 0 Å². The molecular formula is C22H18O9. The molecule has 2 aromatic rings. The van der Waals surface area contributed by atoms with E-state index in [9.17, 15) is 44.7 Å². The minimum atomic E-state index is -1.39. The van der Waals surface area contributed by atoms with Gasteiger partial charge >= 0.3 is 17.9 Å². The van der Waals surface area contributed by atoms with Crippen LogP contribution < -0.4 is 0 Å². The predicted octanol–water partition coefficient (Wildman–Crippen LogP) is 2.75. The lowest BCUT2D eigenvalue weighted by Crippen LogP contribution is -2.28. The summed E-state index contributed by atoms with van der Waals surface area (Å²) in [5.74, 6) is -6.70. The van der Waals surface area contributed by atoms with Crippen LogP contribution in [-0.4, -0.2) is 49.2 Å². The van der Waals surface area contributed by atoms with Crippen molar-refractivity contribution in [1.29, 1.82) is 0 Å². The van der Waals surface area contributed by atoms with Gasteiger partial charge in [-0.25, -0.2) is 9.59 Å². The van der Waals surface area contributed by atoms with Crippen molar-refractivity contribution in [2.75, 3.05) is 0 Å². The van der Waals surface area contributed by atoms with Gasteiger partial charge < -0.3 is 25.5 Å². The Labute approximate surface area is 175 Å². The fourth-order valence-corrected chi connectivity index (χ4v) is 3.66. The summed E-state index contributed by atoms with van der Waals surface area (Å²) in [6, 6.07) is 7.56.